The molecule has 1 unspecified atom stereocenters. The number of amides is 1. The number of carboxylic acid groups (broad SMARTS) is 1. The van der Waals surface area contributed by atoms with E-state index in [0.29, 0.717) is 18.6 Å². The van der Waals surface area contributed by atoms with E-state index in [2.05, 4.69) is 10.4 Å². The molecular weight excluding hydrogens is 326 g/mol. The number of nitrogens with one attached hydrogen (secondary N) is 1. The standard InChI is InChI=1S/C17H19N3O3S/c21-15(19-17(16(22)23)8-9-24-12-17)7-6-13-10-18-20(11-13)14-4-2-1-3-5-14/h1-5,10-11H,6-9,12H2,(H,19,21)(H,22,23). The van der Waals surface area contributed by atoms with Crippen LogP contribution in [0, 0.1) is 0 Å². The summed E-state index contributed by atoms with van der Waals surface area (Å²) in [5.41, 5.74) is 0.802. The summed E-state index contributed by atoms with van der Waals surface area (Å²) in [6.45, 7) is 0. The maximum Gasteiger partial charge on any atom is 0.330 e. The highest BCUT2D eigenvalue weighted by Gasteiger charge is 2.43. The van der Waals surface area contributed by atoms with Crippen LogP contribution in [0.3, 0.4) is 0 Å². The molecule has 24 heavy (non-hydrogen) atoms. The van der Waals surface area contributed by atoms with Crippen molar-refractivity contribution in [2.75, 3.05) is 11.5 Å². The number of aromatic nitrogens is 2. The van der Waals surface area contributed by atoms with E-state index in [1.165, 1.54) is 0 Å². The van der Waals surface area contributed by atoms with E-state index < -0.39 is 11.5 Å². The first kappa shape index (κ1) is 16.6. The Bertz CT molecular complexity index is 724. The summed E-state index contributed by atoms with van der Waals surface area (Å²) in [5.74, 6) is 0.0151. The van der Waals surface area contributed by atoms with E-state index in [4.69, 9.17) is 0 Å². The van der Waals surface area contributed by atoms with Crippen molar-refractivity contribution in [3.05, 3.63) is 48.3 Å². The van der Waals surface area contributed by atoms with Gasteiger partial charge in [-0.05, 0) is 36.3 Å². The van der Waals surface area contributed by atoms with E-state index in [1.807, 2.05) is 36.5 Å². The number of thioether (sulfide) groups is 1. The maximum absolute atomic E-state index is 12.1. The second-order valence-corrected chi connectivity index (χ2v) is 6.97. The topological polar surface area (TPSA) is 84.2 Å². The predicted octanol–water partition coefficient (Wildman–Crippen LogP) is 1.88. The van der Waals surface area contributed by atoms with E-state index >= 15 is 0 Å². The van der Waals surface area contributed by atoms with Gasteiger partial charge in [0.2, 0.25) is 5.91 Å². The highest BCUT2D eigenvalue weighted by Crippen LogP contribution is 2.28. The normalized spacial score (nSPS) is 20.0. The van der Waals surface area contributed by atoms with E-state index in [9.17, 15) is 14.7 Å². The van der Waals surface area contributed by atoms with Crippen LogP contribution in [0.2, 0.25) is 0 Å². The average Bonchev–Trinajstić information content (AvgIpc) is 3.24. The van der Waals surface area contributed by atoms with Crippen molar-refractivity contribution in [2.45, 2.75) is 24.8 Å². The minimum Gasteiger partial charge on any atom is -0.479 e. The highest BCUT2D eigenvalue weighted by molar-refractivity contribution is 7.99. The first-order valence-electron chi connectivity index (χ1n) is 7.80. The number of carboxylic acids is 1. The molecule has 0 bridgehead atoms. The minimum atomic E-state index is -1.10. The molecule has 1 amide bonds. The van der Waals surface area contributed by atoms with Gasteiger partial charge in [-0.1, -0.05) is 18.2 Å². The van der Waals surface area contributed by atoms with Gasteiger partial charge in [-0.3, -0.25) is 4.79 Å². The SMILES string of the molecule is O=C(CCc1cnn(-c2ccccc2)c1)NC1(C(=O)O)CCSC1. The second kappa shape index (κ2) is 7.09. The van der Waals surface area contributed by atoms with Crippen LogP contribution in [0.5, 0.6) is 0 Å². The van der Waals surface area contributed by atoms with Crippen LogP contribution in [-0.4, -0.2) is 43.8 Å². The molecule has 2 N–H and O–H groups in total. The van der Waals surface area contributed by atoms with Crippen molar-refractivity contribution < 1.29 is 14.7 Å². The number of rotatable bonds is 6. The lowest BCUT2D eigenvalue weighted by atomic mass is 9.98. The Kier molecular flexibility index (Phi) is 4.89. The van der Waals surface area contributed by atoms with Crippen molar-refractivity contribution in [3.8, 4) is 5.69 Å². The number of hydrogen-bond donors (Lipinski definition) is 2. The minimum absolute atomic E-state index is 0.229. The van der Waals surface area contributed by atoms with Crippen LogP contribution in [-0.2, 0) is 16.0 Å². The molecule has 1 aromatic carbocycles. The van der Waals surface area contributed by atoms with Gasteiger partial charge in [0.15, 0.2) is 0 Å². The number of benzene rings is 1. The van der Waals surface area contributed by atoms with Crippen LogP contribution in [0.25, 0.3) is 5.69 Å². The first-order valence-corrected chi connectivity index (χ1v) is 8.96. The molecule has 0 spiro atoms. The Balaban J connectivity index is 1.57. The van der Waals surface area contributed by atoms with Gasteiger partial charge in [0, 0.05) is 18.4 Å². The van der Waals surface area contributed by atoms with Crippen LogP contribution >= 0.6 is 11.8 Å². The van der Waals surface area contributed by atoms with Gasteiger partial charge in [-0.15, -0.1) is 0 Å². The summed E-state index contributed by atoms with van der Waals surface area (Å²) in [6, 6.07) is 9.73. The molecule has 0 aliphatic carbocycles. The Labute approximate surface area is 144 Å². The molecule has 3 rings (SSSR count). The summed E-state index contributed by atoms with van der Waals surface area (Å²) in [5, 5.41) is 16.4. The molecule has 1 aliphatic heterocycles. The lowest BCUT2D eigenvalue weighted by Crippen LogP contribution is -2.54. The molecule has 7 heteroatoms. The zero-order chi connectivity index (χ0) is 17.0. The van der Waals surface area contributed by atoms with Crippen molar-refractivity contribution >= 4 is 23.6 Å². The molecule has 2 aromatic rings. The van der Waals surface area contributed by atoms with Crippen LogP contribution in [0.15, 0.2) is 42.7 Å². The van der Waals surface area contributed by atoms with E-state index in [-0.39, 0.29) is 12.3 Å². The second-order valence-electron chi connectivity index (χ2n) is 5.87. The third kappa shape index (κ3) is 3.62. The maximum atomic E-state index is 12.1. The quantitative estimate of drug-likeness (QED) is 0.835. The number of hydrogen-bond acceptors (Lipinski definition) is 4. The van der Waals surface area contributed by atoms with Crippen molar-refractivity contribution in [2.24, 2.45) is 0 Å². The largest absolute Gasteiger partial charge is 0.479 e. The van der Waals surface area contributed by atoms with Crippen molar-refractivity contribution in [1.82, 2.24) is 15.1 Å². The molecule has 2 heterocycles. The van der Waals surface area contributed by atoms with Crippen molar-refractivity contribution in [3.63, 3.8) is 0 Å². The zero-order valence-corrected chi connectivity index (χ0v) is 14.0. The van der Waals surface area contributed by atoms with Gasteiger partial charge in [0.25, 0.3) is 0 Å². The Morgan fingerprint density at radius 2 is 2.12 bits per heavy atom. The lowest BCUT2D eigenvalue weighted by Gasteiger charge is -2.24. The summed E-state index contributed by atoms with van der Waals surface area (Å²) in [6.07, 6.45) is 4.88. The first-order chi connectivity index (χ1) is 11.6. The third-order valence-electron chi connectivity index (χ3n) is 4.11. The number of aliphatic carboxylic acids is 1. The fourth-order valence-corrected chi connectivity index (χ4v) is 4.01. The van der Waals surface area contributed by atoms with E-state index in [1.54, 1.807) is 22.6 Å². The zero-order valence-electron chi connectivity index (χ0n) is 13.1. The van der Waals surface area contributed by atoms with Gasteiger partial charge in [0.1, 0.15) is 5.54 Å². The molecule has 126 valence electrons. The summed E-state index contributed by atoms with van der Waals surface area (Å²) in [7, 11) is 0. The fourth-order valence-electron chi connectivity index (χ4n) is 2.68. The molecule has 0 saturated carbocycles. The number of para-hydroxylation sites is 1. The molecule has 1 atom stereocenters. The van der Waals surface area contributed by atoms with Gasteiger partial charge in [-0.25, -0.2) is 9.48 Å². The van der Waals surface area contributed by atoms with Crippen LogP contribution in [0.1, 0.15) is 18.4 Å². The summed E-state index contributed by atoms with van der Waals surface area (Å²) < 4.78 is 1.76. The molecule has 1 saturated heterocycles. The van der Waals surface area contributed by atoms with Crippen LogP contribution < -0.4 is 5.32 Å². The molecular formula is C17H19N3O3S. The molecule has 1 fully saturated rings. The number of carbonyl (C=O) groups excluding carboxylic acids is 1. The summed E-state index contributed by atoms with van der Waals surface area (Å²) in [4.78, 5) is 23.6. The summed E-state index contributed by atoms with van der Waals surface area (Å²) >= 11 is 1.56. The molecule has 1 aromatic heterocycles. The van der Waals surface area contributed by atoms with E-state index in [0.717, 1.165) is 17.0 Å². The smallest absolute Gasteiger partial charge is 0.330 e. The Morgan fingerprint density at radius 1 is 1.33 bits per heavy atom. The van der Waals surface area contributed by atoms with Gasteiger partial charge in [-0.2, -0.15) is 16.9 Å². The Hall–Kier alpha value is -2.28. The fraction of sp³-hybridized carbons (Fsp3) is 0.353. The van der Waals surface area contributed by atoms with Gasteiger partial charge < -0.3 is 10.4 Å². The lowest BCUT2D eigenvalue weighted by molar-refractivity contribution is -0.146. The van der Waals surface area contributed by atoms with Gasteiger partial charge in [0.05, 0.1) is 11.9 Å². The average molecular weight is 345 g/mol. The monoisotopic (exact) mass is 345 g/mol. The highest BCUT2D eigenvalue weighted by atomic mass is 32.2. The third-order valence-corrected chi connectivity index (χ3v) is 5.30. The molecule has 0 radical (unpaired) electrons. The van der Waals surface area contributed by atoms with Crippen molar-refractivity contribution in [1.29, 1.82) is 0 Å². The Morgan fingerprint density at radius 3 is 2.79 bits per heavy atom. The predicted molar refractivity (Wildman–Crippen MR) is 92.3 cm³/mol. The number of nitrogens with zero attached hydrogens (tertiary/aromatic N) is 2. The molecule has 1 aliphatic rings. The molecule has 6 nitrogen and oxygen atoms in total. The van der Waals surface area contributed by atoms with Gasteiger partial charge >= 0.3 is 5.97 Å². The number of aryl methyl sites for hydroxylation is 1. The number of carbonyl (C=O) groups is 2. The van der Waals surface area contributed by atoms with Crippen LogP contribution in [0.4, 0.5) is 0 Å².